The molecule has 0 unspecified atom stereocenters. The molecular weight excluding hydrogens is 599 g/mol. The molecule has 0 spiro atoms. The van der Waals surface area contributed by atoms with Gasteiger partial charge in [-0.25, -0.2) is 0 Å². The third kappa shape index (κ3) is 4.20. The summed E-state index contributed by atoms with van der Waals surface area (Å²) >= 11 is 0. The molecule has 0 fully saturated rings. The molecule has 2 aliphatic rings. The number of anilines is 3. The molecule has 0 aromatic heterocycles. The maximum atomic E-state index is 2.53. The summed E-state index contributed by atoms with van der Waals surface area (Å²) in [5.74, 6) is 0. The molecule has 0 amide bonds. The molecule has 3 heteroatoms. The van der Waals surface area contributed by atoms with Crippen LogP contribution in [-0.2, 0) is 0 Å². The highest BCUT2D eigenvalue weighted by molar-refractivity contribution is 7.04. The van der Waals surface area contributed by atoms with E-state index in [1.54, 1.807) is 5.19 Å². The molecule has 0 N–H and O–H groups in total. The number of benzene rings is 7. The summed E-state index contributed by atoms with van der Waals surface area (Å²) in [5.41, 5.74) is 11.8. The topological polar surface area (TPSA) is 3.24 Å². The summed E-state index contributed by atoms with van der Waals surface area (Å²) < 4.78 is 0. The average molecular weight is 636 g/mol. The van der Waals surface area contributed by atoms with Crippen molar-refractivity contribution in [2.24, 2.45) is 0 Å². The van der Waals surface area contributed by atoms with E-state index in [2.05, 4.69) is 183 Å². The van der Waals surface area contributed by atoms with Gasteiger partial charge in [0.1, 0.15) is 16.1 Å². The average Bonchev–Trinajstić information content (AvgIpc) is 3.48. The normalized spacial score (nSPS) is 14.7. The van der Waals surface area contributed by atoms with Crippen LogP contribution in [0.4, 0.5) is 17.1 Å². The Morgan fingerprint density at radius 1 is 0.383 bits per heavy atom. The van der Waals surface area contributed by atoms with Crippen molar-refractivity contribution in [1.82, 2.24) is 0 Å². The zero-order chi connectivity index (χ0) is 31.9. The predicted molar refractivity (Wildman–Crippen MR) is 208 cm³/mol. The molecule has 0 radical (unpaired) electrons. The van der Waals surface area contributed by atoms with Gasteiger partial charge in [0.15, 0.2) is 0 Å². The SMILES string of the molecule is C[Si]1(C)c2ccccc2-c2ccc(N(c3ccc(-c4ccc5ccccc5c4)cc3)c3cccc4c3-c3ccccc3[Si]4(C)C)cc21. The molecule has 226 valence electrons. The van der Waals surface area contributed by atoms with Gasteiger partial charge in [0.2, 0.25) is 0 Å². The molecule has 0 atom stereocenters. The van der Waals surface area contributed by atoms with Crippen LogP contribution < -0.4 is 25.6 Å². The lowest BCUT2D eigenvalue weighted by atomic mass is 9.99. The molecule has 9 rings (SSSR count). The molecule has 0 saturated heterocycles. The third-order valence-electron chi connectivity index (χ3n) is 10.9. The van der Waals surface area contributed by atoms with E-state index in [0.29, 0.717) is 0 Å². The molecule has 0 saturated carbocycles. The molecule has 47 heavy (non-hydrogen) atoms. The summed E-state index contributed by atoms with van der Waals surface area (Å²) in [6, 6.07) is 57.1. The van der Waals surface area contributed by atoms with Gasteiger partial charge in [0, 0.05) is 16.9 Å². The Morgan fingerprint density at radius 3 is 1.74 bits per heavy atom. The van der Waals surface area contributed by atoms with Gasteiger partial charge >= 0.3 is 0 Å². The molecule has 7 aromatic carbocycles. The van der Waals surface area contributed by atoms with Crippen molar-refractivity contribution in [1.29, 1.82) is 0 Å². The number of rotatable bonds is 4. The smallest absolute Gasteiger partial charge is 0.113 e. The van der Waals surface area contributed by atoms with Gasteiger partial charge in [0.05, 0.1) is 5.69 Å². The predicted octanol–water partition coefficient (Wildman–Crippen LogP) is 9.58. The van der Waals surface area contributed by atoms with E-state index in [1.165, 1.54) is 76.8 Å². The Morgan fingerprint density at radius 2 is 0.957 bits per heavy atom. The first-order valence-corrected chi connectivity index (χ1v) is 22.7. The van der Waals surface area contributed by atoms with E-state index in [-0.39, 0.29) is 0 Å². The summed E-state index contributed by atoms with van der Waals surface area (Å²) in [6.45, 7) is 10.0. The van der Waals surface area contributed by atoms with Crippen molar-refractivity contribution in [2.45, 2.75) is 26.2 Å². The first-order valence-electron chi connectivity index (χ1n) is 16.7. The van der Waals surface area contributed by atoms with Crippen molar-refractivity contribution in [3.8, 4) is 33.4 Å². The van der Waals surface area contributed by atoms with E-state index in [9.17, 15) is 0 Å². The number of hydrogen-bond donors (Lipinski definition) is 0. The number of fused-ring (bicyclic) bond motifs is 7. The second kappa shape index (κ2) is 10.3. The van der Waals surface area contributed by atoms with Gasteiger partial charge in [-0.15, -0.1) is 0 Å². The molecule has 7 aromatic rings. The van der Waals surface area contributed by atoms with E-state index < -0.39 is 16.1 Å². The minimum absolute atomic E-state index is 1.18. The van der Waals surface area contributed by atoms with Crippen LogP contribution in [0.15, 0.2) is 152 Å². The first-order chi connectivity index (χ1) is 22.8. The maximum absolute atomic E-state index is 2.53. The molecule has 0 aliphatic carbocycles. The van der Waals surface area contributed by atoms with Gasteiger partial charge in [-0.05, 0) is 95.7 Å². The van der Waals surface area contributed by atoms with Gasteiger partial charge in [-0.1, -0.05) is 141 Å². The fraction of sp³-hybridized carbons (Fsp3) is 0.0909. The van der Waals surface area contributed by atoms with Crippen molar-refractivity contribution in [3.63, 3.8) is 0 Å². The number of hydrogen-bond acceptors (Lipinski definition) is 1. The zero-order valence-electron chi connectivity index (χ0n) is 27.4. The Kier molecular flexibility index (Phi) is 6.18. The second-order valence-electron chi connectivity index (χ2n) is 14.2. The first kappa shape index (κ1) is 28.3. The van der Waals surface area contributed by atoms with E-state index in [4.69, 9.17) is 0 Å². The largest absolute Gasteiger partial charge is 0.310 e. The third-order valence-corrected chi connectivity index (χ3v) is 17.9. The van der Waals surface area contributed by atoms with Crippen LogP contribution in [0.2, 0.25) is 26.2 Å². The van der Waals surface area contributed by atoms with Crippen molar-refractivity contribution in [3.05, 3.63) is 152 Å². The quantitative estimate of drug-likeness (QED) is 0.174. The lowest BCUT2D eigenvalue weighted by Gasteiger charge is -2.30. The summed E-state index contributed by atoms with van der Waals surface area (Å²) in [6.07, 6.45) is 0. The highest BCUT2D eigenvalue weighted by atomic mass is 28.3. The van der Waals surface area contributed by atoms with Crippen molar-refractivity contribution < 1.29 is 0 Å². The van der Waals surface area contributed by atoms with E-state index in [1.807, 2.05) is 0 Å². The Balaban J connectivity index is 1.24. The monoisotopic (exact) mass is 635 g/mol. The van der Waals surface area contributed by atoms with Gasteiger partial charge < -0.3 is 4.90 Å². The molecule has 0 bridgehead atoms. The minimum Gasteiger partial charge on any atom is -0.310 e. The van der Waals surface area contributed by atoms with Crippen LogP contribution in [-0.4, -0.2) is 16.1 Å². The lowest BCUT2D eigenvalue weighted by molar-refractivity contribution is 1.29. The highest BCUT2D eigenvalue weighted by Gasteiger charge is 2.40. The van der Waals surface area contributed by atoms with Gasteiger partial charge in [-0.3, -0.25) is 0 Å². The van der Waals surface area contributed by atoms with Gasteiger partial charge in [0.25, 0.3) is 0 Å². The fourth-order valence-electron chi connectivity index (χ4n) is 8.35. The van der Waals surface area contributed by atoms with Crippen LogP contribution >= 0.6 is 0 Å². The molecular formula is C44H37NSi2. The summed E-state index contributed by atoms with van der Waals surface area (Å²) in [5, 5.41) is 8.67. The van der Waals surface area contributed by atoms with Crippen LogP contribution in [0.1, 0.15) is 0 Å². The van der Waals surface area contributed by atoms with Crippen molar-refractivity contribution >= 4 is 64.7 Å². The van der Waals surface area contributed by atoms with Crippen LogP contribution in [0, 0.1) is 0 Å². The minimum atomic E-state index is -1.86. The lowest BCUT2D eigenvalue weighted by Crippen LogP contribution is -2.49. The molecule has 1 nitrogen and oxygen atoms in total. The Hall–Kier alpha value is -4.97. The zero-order valence-corrected chi connectivity index (χ0v) is 29.4. The summed E-state index contributed by atoms with van der Waals surface area (Å²) in [7, 11) is -3.70. The van der Waals surface area contributed by atoms with Crippen LogP contribution in [0.5, 0.6) is 0 Å². The Labute approximate surface area is 279 Å². The molecule has 2 aliphatic heterocycles. The van der Waals surface area contributed by atoms with Crippen LogP contribution in [0.3, 0.4) is 0 Å². The summed E-state index contributed by atoms with van der Waals surface area (Å²) in [4.78, 5) is 2.53. The standard InChI is InChI=1S/C44H37NSi2/c1-46(2)41-18-10-8-15-38(41)44-39(16-11-19-42(44)46)45(35-26-27-37-36-14-7-9-17-40(36)47(3,4)43(37)29-35)34-24-22-31(23-25-34)33-21-20-30-12-5-6-13-32(30)28-33/h5-29H,1-4H3. The number of nitrogens with zero attached hydrogens (tertiary/aromatic N) is 1. The Bertz CT molecular complexity index is 2370. The van der Waals surface area contributed by atoms with E-state index in [0.717, 1.165) is 0 Å². The molecule has 2 heterocycles. The maximum Gasteiger partial charge on any atom is 0.113 e. The van der Waals surface area contributed by atoms with Crippen molar-refractivity contribution in [2.75, 3.05) is 4.90 Å². The highest BCUT2D eigenvalue weighted by Crippen LogP contribution is 2.44. The fourth-order valence-corrected chi connectivity index (χ4v) is 14.5. The second-order valence-corrected chi connectivity index (χ2v) is 22.9. The van der Waals surface area contributed by atoms with Crippen LogP contribution in [0.25, 0.3) is 44.2 Å². The van der Waals surface area contributed by atoms with Gasteiger partial charge in [-0.2, -0.15) is 0 Å². The van der Waals surface area contributed by atoms with E-state index >= 15 is 0 Å².